The van der Waals surface area contributed by atoms with E-state index in [9.17, 15) is 29.3 Å². The summed E-state index contributed by atoms with van der Waals surface area (Å²) >= 11 is 5.56. The monoisotopic (exact) mass is 716 g/mol. The van der Waals surface area contributed by atoms with Crippen LogP contribution < -0.4 is 19.8 Å². The zero-order valence-electron chi connectivity index (χ0n) is 23.5. The second kappa shape index (κ2) is 11.9. The van der Waals surface area contributed by atoms with Crippen molar-refractivity contribution >= 4 is 84.6 Å². The predicted molar refractivity (Wildman–Crippen MR) is 178 cm³/mol. The van der Waals surface area contributed by atoms with Crippen molar-refractivity contribution in [3.63, 3.8) is 0 Å². The summed E-state index contributed by atoms with van der Waals surface area (Å²) in [4.78, 5) is 68.2. The number of aromatic nitrogens is 1. The second-order valence-corrected chi connectivity index (χ2v) is 13.7. The van der Waals surface area contributed by atoms with Gasteiger partial charge in [0.15, 0.2) is 6.61 Å². The lowest BCUT2D eigenvalue weighted by Gasteiger charge is -2.31. The highest BCUT2D eigenvalue weighted by molar-refractivity contribution is 9.10. The summed E-state index contributed by atoms with van der Waals surface area (Å²) in [5, 5.41) is 15.5. The number of carbonyl (C=O) groups is 3. The number of aromatic amines is 1. The van der Waals surface area contributed by atoms with Gasteiger partial charge in [-0.1, -0.05) is 75.4 Å². The number of hydrogen-bond donors (Lipinski definition) is 2. The van der Waals surface area contributed by atoms with Gasteiger partial charge in [0.25, 0.3) is 11.6 Å². The van der Waals surface area contributed by atoms with Gasteiger partial charge in [-0.3, -0.25) is 29.3 Å². The van der Waals surface area contributed by atoms with Crippen molar-refractivity contribution < 1.29 is 24.0 Å². The van der Waals surface area contributed by atoms with E-state index in [1.165, 1.54) is 24.3 Å². The molecule has 0 spiro atoms. The Balaban J connectivity index is 1.22. The number of nitro benzene ring substituents is 1. The van der Waals surface area contributed by atoms with Gasteiger partial charge in [0.1, 0.15) is 11.0 Å². The first-order chi connectivity index (χ1) is 22.2. The quantitative estimate of drug-likeness (QED) is 0.117. The summed E-state index contributed by atoms with van der Waals surface area (Å²) in [5.41, 5.74) is 1.19. The largest absolute Gasteiger partial charge is 0.483 e. The van der Waals surface area contributed by atoms with E-state index >= 15 is 0 Å². The minimum absolute atomic E-state index is 0.173. The zero-order valence-corrected chi connectivity index (χ0v) is 26.7. The molecule has 2 N–H and O–H groups in total. The number of benzene rings is 4. The number of non-ortho nitro benzene ring substituents is 1. The maximum absolute atomic E-state index is 14.1. The molecule has 7 rings (SSSR count). The first kappa shape index (κ1) is 29.9. The number of H-pyrrole nitrogens is 1. The summed E-state index contributed by atoms with van der Waals surface area (Å²) in [6.07, 6.45) is 0. The number of imide groups is 1. The normalized spacial score (nSPS) is 18.7. The van der Waals surface area contributed by atoms with Gasteiger partial charge in [0.2, 0.25) is 11.8 Å². The van der Waals surface area contributed by atoms with E-state index in [1.54, 1.807) is 24.3 Å². The third-order valence-electron chi connectivity index (χ3n) is 7.87. The maximum Gasteiger partial charge on any atom is 0.305 e. The van der Waals surface area contributed by atoms with Gasteiger partial charge < -0.3 is 15.0 Å². The smallest absolute Gasteiger partial charge is 0.305 e. The fourth-order valence-electron chi connectivity index (χ4n) is 5.89. The number of nitrogens with one attached hydrogen (secondary N) is 2. The highest BCUT2D eigenvalue weighted by Crippen LogP contribution is 2.54. The van der Waals surface area contributed by atoms with Crippen molar-refractivity contribution in [3.8, 4) is 5.75 Å². The molecular weight excluding hydrogens is 696 g/mol. The van der Waals surface area contributed by atoms with Crippen LogP contribution in [-0.4, -0.2) is 39.5 Å². The first-order valence-electron chi connectivity index (χ1n) is 13.9. The Morgan fingerprint density at radius 2 is 1.76 bits per heavy atom. The fraction of sp³-hybridized carbons (Fsp3) is 0.125. The Morgan fingerprint density at radius 1 is 1.00 bits per heavy atom. The number of rotatable bonds is 7. The number of carbonyl (C=O) groups excluding carboxylic acids is 3. The predicted octanol–water partition coefficient (Wildman–Crippen LogP) is 6.07. The van der Waals surface area contributed by atoms with E-state index < -0.39 is 39.7 Å². The fourth-order valence-corrected chi connectivity index (χ4v) is 8.77. The molecule has 1 aromatic heterocycles. The molecule has 14 heteroatoms. The molecule has 3 unspecified atom stereocenters. The van der Waals surface area contributed by atoms with Crippen LogP contribution in [0.5, 0.6) is 5.75 Å². The minimum Gasteiger partial charge on any atom is -0.483 e. The topological polar surface area (TPSA) is 152 Å². The maximum atomic E-state index is 14.1. The molecule has 230 valence electrons. The standard InChI is InChI=1S/C32H21BrN4O7S2/c33-17-8-13-23(44-15-24(38)34-22-7-3-5-16-4-1-2-6-20(16)22)21(14-17)25-26-28(45-29-27(25)46-32(41)35-29)31(40)36(30(26)39)18-9-11-19(12-10-18)37(42)43/h1-14,25-26,28H,15H2,(H,34,38)(H,35,41). The number of thioether (sulfide) groups is 1. The van der Waals surface area contributed by atoms with Crippen LogP contribution in [0.25, 0.3) is 10.8 Å². The van der Waals surface area contributed by atoms with Crippen LogP contribution in [0.2, 0.25) is 0 Å². The van der Waals surface area contributed by atoms with Crippen molar-refractivity contribution in [2.75, 3.05) is 16.8 Å². The number of nitro groups is 1. The molecule has 0 aliphatic carbocycles. The summed E-state index contributed by atoms with van der Waals surface area (Å²) in [7, 11) is 0. The van der Waals surface area contributed by atoms with Gasteiger partial charge >= 0.3 is 4.87 Å². The van der Waals surface area contributed by atoms with E-state index in [4.69, 9.17) is 4.74 Å². The van der Waals surface area contributed by atoms with E-state index in [0.717, 1.165) is 38.8 Å². The summed E-state index contributed by atoms with van der Waals surface area (Å²) < 4.78 is 6.74. The van der Waals surface area contributed by atoms with Crippen LogP contribution in [0.4, 0.5) is 17.1 Å². The van der Waals surface area contributed by atoms with Crippen molar-refractivity contribution in [2.24, 2.45) is 5.92 Å². The number of nitrogens with zero attached hydrogens (tertiary/aromatic N) is 2. The number of hydrogen-bond acceptors (Lipinski definition) is 9. The third kappa shape index (κ3) is 5.27. The molecular formula is C32H21BrN4O7S2. The lowest BCUT2D eigenvalue weighted by molar-refractivity contribution is -0.384. The van der Waals surface area contributed by atoms with E-state index in [1.807, 2.05) is 36.4 Å². The average Bonchev–Trinajstić information content (AvgIpc) is 3.54. The highest BCUT2D eigenvalue weighted by Gasteiger charge is 2.57. The second-order valence-electron chi connectivity index (χ2n) is 10.6. The molecule has 3 heterocycles. The molecule has 4 aromatic carbocycles. The molecule has 2 aliphatic rings. The van der Waals surface area contributed by atoms with Crippen LogP contribution in [-0.2, 0) is 14.4 Å². The molecule has 5 aromatic rings. The van der Waals surface area contributed by atoms with Crippen LogP contribution >= 0.6 is 39.0 Å². The Morgan fingerprint density at radius 3 is 2.54 bits per heavy atom. The summed E-state index contributed by atoms with van der Waals surface area (Å²) in [5.74, 6) is -2.78. The Labute approximate surface area is 276 Å². The van der Waals surface area contributed by atoms with Crippen molar-refractivity contribution in [1.82, 2.24) is 4.98 Å². The first-order valence-corrected chi connectivity index (χ1v) is 16.4. The lowest BCUT2D eigenvalue weighted by Crippen LogP contribution is -2.32. The molecule has 0 saturated carbocycles. The van der Waals surface area contributed by atoms with Crippen molar-refractivity contribution in [1.29, 1.82) is 0 Å². The molecule has 11 nitrogen and oxygen atoms in total. The number of ether oxygens (including phenoxy) is 1. The number of fused-ring (bicyclic) bond motifs is 3. The molecule has 46 heavy (non-hydrogen) atoms. The Hall–Kier alpha value is -4.79. The van der Waals surface area contributed by atoms with Gasteiger partial charge in [0.05, 0.1) is 21.6 Å². The van der Waals surface area contributed by atoms with Crippen molar-refractivity contribution in [3.05, 3.63) is 120 Å². The number of amides is 3. The summed E-state index contributed by atoms with van der Waals surface area (Å²) in [6.45, 7) is -0.342. The zero-order chi connectivity index (χ0) is 32.1. The highest BCUT2D eigenvalue weighted by atomic mass is 79.9. The van der Waals surface area contributed by atoms with Gasteiger partial charge in [0, 0.05) is 44.0 Å². The van der Waals surface area contributed by atoms with E-state index in [0.29, 0.717) is 31.4 Å². The van der Waals surface area contributed by atoms with Crippen LogP contribution in [0, 0.1) is 16.0 Å². The molecule has 3 amide bonds. The SMILES string of the molecule is O=C(COc1ccc(Br)cc1C1c2sc(=O)[nH]c2SC2C(=O)N(c3ccc([N+](=O)[O-])cc3)C(=O)C21)Nc1cccc2ccccc12. The number of anilines is 2. The summed E-state index contributed by atoms with van der Waals surface area (Å²) in [6, 6.07) is 23.7. The third-order valence-corrected chi connectivity index (χ3v) is 10.8. The van der Waals surface area contributed by atoms with Gasteiger partial charge in [-0.2, -0.15) is 0 Å². The van der Waals surface area contributed by atoms with E-state index in [2.05, 4.69) is 26.2 Å². The number of halogens is 1. The van der Waals surface area contributed by atoms with Crippen LogP contribution in [0.1, 0.15) is 16.4 Å². The molecule has 3 atom stereocenters. The molecule has 2 aliphatic heterocycles. The minimum atomic E-state index is -0.923. The van der Waals surface area contributed by atoms with E-state index in [-0.39, 0.29) is 22.9 Å². The lowest BCUT2D eigenvalue weighted by atomic mass is 9.82. The van der Waals surface area contributed by atoms with Crippen LogP contribution in [0.3, 0.4) is 0 Å². The molecule has 0 bridgehead atoms. The van der Waals surface area contributed by atoms with Gasteiger partial charge in [-0.05, 0) is 41.8 Å². The Bertz CT molecular complexity index is 2130. The molecule has 1 saturated heterocycles. The molecule has 0 radical (unpaired) electrons. The van der Waals surface area contributed by atoms with Crippen molar-refractivity contribution in [2.45, 2.75) is 16.2 Å². The number of thiazole rings is 1. The van der Waals surface area contributed by atoms with Gasteiger partial charge in [-0.25, -0.2) is 4.90 Å². The average molecular weight is 718 g/mol. The van der Waals surface area contributed by atoms with Gasteiger partial charge in [-0.15, -0.1) is 0 Å². The van der Waals surface area contributed by atoms with Crippen LogP contribution in [0.15, 0.2) is 99.2 Å². The Kier molecular flexibility index (Phi) is 7.71. The molecule has 1 fully saturated rings.